The van der Waals surface area contributed by atoms with E-state index in [1.54, 1.807) is 0 Å². The second-order valence-corrected chi connectivity index (χ2v) is 7.13. The van der Waals surface area contributed by atoms with Gasteiger partial charge >= 0.3 is 0 Å². The van der Waals surface area contributed by atoms with E-state index >= 15 is 0 Å². The molecule has 0 radical (unpaired) electrons. The number of halogens is 1. The third-order valence-electron chi connectivity index (χ3n) is 4.61. The third-order valence-corrected chi connectivity index (χ3v) is 4.80. The van der Waals surface area contributed by atoms with Gasteiger partial charge in [-0.25, -0.2) is 0 Å². The predicted octanol–water partition coefficient (Wildman–Crippen LogP) is 3.11. The molecule has 2 rings (SSSR count). The molecular weight excluding hydrogens is 322 g/mol. The number of nitrogens with zero attached hydrogens (tertiary/aromatic N) is 2. The number of carbonyl (C=O) groups is 1. The molecule has 2 unspecified atom stereocenters. The van der Waals surface area contributed by atoms with Crippen LogP contribution >= 0.6 is 11.6 Å². The summed E-state index contributed by atoms with van der Waals surface area (Å²) < 4.78 is 0. The highest BCUT2D eigenvalue weighted by Crippen LogP contribution is 2.29. The van der Waals surface area contributed by atoms with Gasteiger partial charge in [-0.3, -0.25) is 4.79 Å². The summed E-state index contributed by atoms with van der Waals surface area (Å²) >= 11 is 5.84. The van der Waals surface area contributed by atoms with Gasteiger partial charge in [-0.1, -0.05) is 18.2 Å². The molecule has 2 atom stereocenters. The van der Waals surface area contributed by atoms with Crippen LogP contribution in [0, 0.1) is 0 Å². The summed E-state index contributed by atoms with van der Waals surface area (Å²) in [6, 6.07) is 10.6. The first-order chi connectivity index (χ1) is 11.6. The summed E-state index contributed by atoms with van der Waals surface area (Å²) in [7, 11) is 4.20. The maximum atomic E-state index is 12.7. The Hall–Kier alpha value is -1.10. The van der Waals surface area contributed by atoms with Crippen molar-refractivity contribution in [1.82, 2.24) is 10.2 Å². The lowest BCUT2D eigenvalue weighted by atomic mass is 10.1. The van der Waals surface area contributed by atoms with E-state index in [1.165, 1.54) is 0 Å². The summed E-state index contributed by atoms with van der Waals surface area (Å²) in [6.45, 7) is 2.07. The number of benzene rings is 1. The Labute approximate surface area is 151 Å². The molecule has 1 aromatic rings. The van der Waals surface area contributed by atoms with E-state index in [1.807, 2.05) is 35.2 Å². The smallest absolute Gasteiger partial charge is 0.228 e. The van der Waals surface area contributed by atoms with E-state index in [2.05, 4.69) is 24.3 Å². The summed E-state index contributed by atoms with van der Waals surface area (Å²) in [6.07, 6.45) is 4.85. The van der Waals surface area contributed by atoms with Crippen LogP contribution in [0.3, 0.4) is 0 Å². The minimum Gasteiger partial charge on any atom is -0.312 e. The lowest BCUT2D eigenvalue weighted by Crippen LogP contribution is -2.50. The van der Waals surface area contributed by atoms with Gasteiger partial charge in [0.25, 0.3) is 0 Å². The number of anilines is 1. The van der Waals surface area contributed by atoms with Crippen LogP contribution < -0.4 is 10.2 Å². The average molecular weight is 352 g/mol. The van der Waals surface area contributed by atoms with Gasteiger partial charge in [0, 0.05) is 24.0 Å². The quantitative estimate of drug-likeness (QED) is 0.548. The first kappa shape index (κ1) is 19.2. The number of hydrogen-bond acceptors (Lipinski definition) is 3. The van der Waals surface area contributed by atoms with Crippen LogP contribution in [0.4, 0.5) is 5.69 Å². The molecule has 0 spiro atoms. The number of hydrogen-bond donors (Lipinski definition) is 1. The van der Waals surface area contributed by atoms with Crippen molar-refractivity contribution in [2.24, 2.45) is 0 Å². The number of rotatable bonds is 9. The van der Waals surface area contributed by atoms with E-state index in [0.717, 1.165) is 44.5 Å². The number of amides is 1. The molecular formula is C19H30ClN3O. The zero-order chi connectivity index (χ0) is 17.4. The van der Waals surface area contributed by atoms with Gasteiger partial charge in [0.05, 0.1) is 6.04 Å². The summed E-state index contributed by atoms with van der Waals surface area (Å²) in [5.74, 6) is 0.499. The Bertz CT molecular complexity index is 495. The lowest BCUT2D eigenvalue weighted by Gasteiger charge is -2.34. The molecule has 5 heteroatoms. The van der Waals surface area contributed by atoms with Crippen LogP contribution in [0.25, 0.3) is 0 Å². The highest BCUT2D eigenvalue weighted by molar-refractivity contribution is 6.19. The number of carbonyl (C=O) groups excluding carboxylic acids is 1. The van der Waals surface area contributed by atoms with Crippen molar-refractivity contribution >= 4 is 23.2 Å². The Morgan fingerprint density at radius 3 is 2.67 bits per heavy atom. The molecule has 0 aromatic heterocycles. The zero-order valence-corrected chi connectivity index (χ0v) is 15.6. The van der Waals surface area contributed by atoms with Crippen molar-refractivity contribution in [2.75, 3.05) is 38.0 Å². The first-order valence-electron chi connectivity index (χ1n) is 8.94. The van der Waals surface area contributed by atoms with Crippen molar-refractivity contribution < 1.29 is 4.79 Å². The highest BCUT2D eigenvalue weighted by atomic mass is 35.5. The van der Waals surface area contributed by atoms with Gasteiger partial charge < -0.3 is 15.1 Å². The van der Waals surface area contributed by atoms with E-state index in [-0.39, 0.29) is 11.9 Å². The fourth-order valence-electron chi connectivity index (χ4n) is 3.48. The van der Waals surface area contributed by atoms with Gasteiger partial charge in [-0.05, 0) is 65.0 Å². The molecule has 1 aromatic carbocycles. The monoisotopic (exact) mass is 351 g/mol. The van der Waals surface area contributed by atoms with E-state index in [4.69, 9.17) is 11.6 Å². The summed E-state index contributed by atoms with van der Waals surface area (Å²) in [5, 5.41) is 3.68. The van der Waals surface area contributed by atoms with E-state index in [0.29, 0.717) is 18.3 Å². The van der Waals surface area contributed by atoms with Crippen LogP contribution in [0.1, 0.15) is 32.1 Å². The van der Waals surface area contributed by atoms with Gasteiger partial charge in [-0.2, -0.15) is 0 Å². The molecule has 1 N–H and O–H groups in total. The standard InChI is InChI=1S/C19H30ClN3O/c1-22(2)15-7-14-21-17-10-6-11-18(17)23(19(24)12-13-20)16-8-4-3-5-9-16/h3-5,8-9,17-18,21H,6-7,10-15H2,1-2H3. The van der Waals surface area contributed by atoms with Crippen molar-refractivity contribution in [3.05, 3.63) is 30.3 Å². The molecule has 1 fully saturated rings. The second kappa shape index (κ2) is 10.0. The highest BCUT2D eigenvalue weighted by Gasteiger charge is 2.34. The predicted molar refractivity (Wildman–Crippen MR) is 102 cm³/mol. The van der Waals surface area contributed by atoms with Crippen molar-refractivity contribution in [1.29, 1.82) is 0 Å². The molecule has 1 aliphatic rings. The largest absolute Gasteiger partial charge is 0.312 e. The third kappa shape index (κ3) is 5.47. The van der Waals surface area contributed by atoms with Gasteiger partial charge in [0.2, 0.25) is 5.91 Å². The minimum atomic E-state index is 0.128. The molecule has 0 heterocycles. The molecule has 134 valence electrons. The maximum absolute atomic E-state index is 12.7. The lowest BCUT2D eigenvalue weighted by molar-refractivity contribution is -0.118. The normalized spacial score (nSPS) is 20.5. The topological polar surface area (TPSA) is 35.6 Å². The minimum absolute atomic E-state index is 0.128. The molecule has 1 aliphatic carbocycles. The summed E-state index contributed by atoms with van der Waals surface area (Å²) in [4.78, 5) is 16.9. The number of alkyl halides is 1. The average Bonchev–Trinajstić information content (AvgIpc) is 3.01. The van der Waals surface area contributed by atoms with Gasteiger partial charge in [0.15, 0.2) is 0 Å². The fraction of sp³-hybridized carbons (Fsp3) is 0.632. The fourth-order valence-corrected chi connectivity index (χ4v) is 3.64. The molecule has 24 heavy (non-hydrogen) atoms. The molecule has 1 saturated carbocycles. The van der Waals surface area contributed by atoms with Crippen LogP contribution in [-0.2, 0) is 4.79 Å². The Kier molecular flexibility index (Phi) is 8.03. The van der Waals surface area contributed by atoms with E-state index in [9.17, 15) is 4.79 Å². The Balaban J connectivity index is 2.05. The molecule has 4 nitrogen and oxygen atoms in total. The van der Waals surface area contributed by atoms with Crippen LogP contribution in [-0.4, -0.2) is 56.0 Å². The van der Waals surface area contributed by atoms with Crippen molar-refractivity contribution in [3.8, 4) is 0 Å². The number of nitrogens with one attached hydrogen (secondary N) is 1. The van der Waals surface area contributed by atoms with Crippen molar-refractivity contribution in [2.45, 2.75) is 44.2 Å². The van der Waals surface area contributed by atoms with E-state index < -0.39 is 0 Å². The first-order valence-corrected chi connectivity index (χ1v) is 9.48. The molecule has 1 amide bonds. The molecule has 0 bridgehead atoms. The molecule has 0 aliphatic heterocycles. The summed E-state index contributed by atoms with van der Waals surface area (Å²) in [5.41, 5.74) is 0.986. The van der Waals surface area contributed by atoms with Gasteiger partial charge in [-0.15, -0.1) is 11.6 Å². The molecule has 0 saturated heterocycles. The maximum Gasteiger partial charge on any atom is 0.228 e. The van der Waals surface area contributed by atoms with Gasteiger partial charge in [0.1, 0.15) is 0 Å². The zero-order valence-electron chi connectivity index (χ0n) is 14.9. The van der Waals surface area contributed by atoms with Crippen molar-refractivity contribution in [3.63, 3.8) is 0 Å². The van der Waals surface area contributed by atoms with Crippen LogP contribution in [0.15, 0.2) is 30.3 Å². The Morgan fingerprint density at radius 1 is 1.25 bits per heavy atom. The number of para-hydroxylation sites is 1. The SMILES string of the molecule is CN(C)CCCNC1CCCC1N(C(=O)CCCl)c1ccccc1. The van der Waals surface area contributed by atoms with Crippen LogP contribution in [0.2, 0.25) is 0 Å². The second-order valence-electron chi connectivity index (χ2n) is 6.75. The van der Waals surface area contributed by atoms with Crippen LogP contribution in [0.5, 0.6) is 0 Å². The Morgan fingerprint density at radius 2 is 2.00 bits per heavy atom.